The molecule has 184 valence electrons. The Kier molecular flexibility index (Phi) is 7.28. The van der Waals surface area contributed by atoms with Crippen LogP contribution in [0.1, 0.15) is 21.5 Å². The molecule has 2 aromatic heterocycles. The Morgan fingerprint density at radius 2 is 1.69 bits per heavy atom. The van der Waals surface area contributed by atoms with Crippen molar-refractivity contribution in [1.82, 2.24) is 14.8 Å². The molecule has 0 aliphatic heterocycles. The first-order chi connectivity index (χ1) is 17.3. The molecule has 11 heteroatoms. The van der Waals surface area contributed by atoms with Gasteiger partial charge in [-0.15, -0.1) is 0 Å². The number of benzene rings is 2. The van der Waals surface area contributed by atoms with Crippen LogP contribution in [0.5, 0.6) is 5.75 Å². The summed E-state index contributed by atoms with van der Waals surface area (Å²) in [6.45, 7) is 0.114. The molecule has 0 bridgehead atoms. The van der Waals surface area contributed by atoms with Crippen molar-refractivity contribution in [3.05, 3.63) is 102 Å². The van der Waals surface area contributed by atoms with Crippen molar-refractivity contribution < 1.29 is 27.5 Å². The normalized spacial score (nSPS) is 11.1. The van der Waals surface area contributed by atoms with Gasteiger partial charge in [0.2, 0.25) is 0 Å². The first-order valence-corrected chi connectivity index (χ1v) is 10.7. The fourth-order valence-corrected chi connectivity index (χ4v) is 3.20. The molecular formula is C25H20F3N5O3. The molecule has 0 aliphatic rings. The number of hydrogen-bond acceptors (Lipinski definition) is 5. The minimum absolute atomic E-state index is 0.00802. The molecule has 2 N–H and O–H groups in total. The molecule has 0 saturated heterocycles. The number of carbonyl (C=O) groups excluding carboxylic acids is 2. The number of hydrogen-bond donors (Lipinski definition) is 2. The Bertz CT molecular complexity index is 1340. The number of aromatic nitrogens is 3. The summed E-state index contributed by atoms with van der Waals surface area (Å²) in [6, 6.07) is 15.8. The predicted octanol–water partition coefficient (Wildman–Crippen LogP) is 4.62. The number of rotatable bonds is 8. The summed E-state index contributed by atoms with van der Waals surface area (Å²) in [7, 11) is 0. The van der Waals surface area contributed by atoms with Crippen LogP contribution in [0.15, 0.2) is 85.3 Å². The molecule has 0 aliphatic carbocycles. The number of halogens is 3. The molecule has 2 amide bonds. The van der Waals surface area contributed by atoms with Crippen LogP contribution in [0, 0.1) is 0 Å². The van der Waals surface area contributed by atoms with Crippen molar-refractivity contribution in [1.29, 1.82) is 0 Å². The van der Waals surface area contributed by atoms with Gasteiger partial charge in [0.15, 0.2) is 12.4 Å². The van der Waals surface area contributed by atoms with Crippen LogP contribution in [0.25, 0.3) is 0 Å². The second-order valence-corrected chi connectivity index (χ2v) is 7.65. The molecule has 0 fully saturated rings. The minimum Gasteiger partial charge on any atom is -0.484 e. The maximum atomic E-state index is 12.8. The van der Waals surface area contributed by atoms with Gasteiger partial charge in [0, 0.05) is 35.9 Å². The van der Waals surface area contributed by atoms with Gasteiger partial charge in [-0.1, -0.05) is 6.07 Å². The van der Waals surface area contributed by atoms with E-state index in [4.69, 9.17) is 4.74 Å². The van der Waals surface area contributed by atoms with E-state index in [0.29, 0.717) is 23.7 Å². The van der Waals surface area contributed by atoms with E-state index < -0.39 is 24.3 Å². The topological polar surface area (TPSA) is 98.1 Å². The van der Waals surface area contributed by atoms with Crippen LogP contribution in [-0.4, -0.2) is 33.2 Å². The zero-order chi connectivity index (χ0) is 25.5. The lowest BCUT2D eigenvalue weighted by molar-refractivity contribution is -0.137. The largest absolute Gasteiger partial charge is 0.484 e. The van der Waals surface area contributed by atoms with E-state index >= 15 is 0 Å². The van der Waals surface area contributed by atoms with E-state index in [1.807, 2.05) is 12.1 Å². The molecule has 0 atom stereocenters. The minimum atomic E-state index is -4.51. The fraction of sp³-hybridized carbons (Fsp3) is 0.120. The highest BCUT2D eigenvalue weighted by molar-refractivity contribution is 6.03. The van der Waals surface area contributed by atoms with Crippen LogP contribution < -0.4 is 15.4 Å². The average Bonchev–Trinajstić information content (AvgIpc) is 3.30. The Hall–Kier alpha value is -4.67. The number of carbonyl (C=O) groups is 2. The lowest BCUT2D eigenvalue weighted by atomic mass is 10.2. The molecule has 2 aromatic carbocycles. The van der Waals surface area contributed by atoms with Crippen molar-refractivity contribution in [3.63, 3.8) is 0 Å². The van der Waals surface area contributed by atoms with Crippen LogP contribution in [0.4, 0.5) is 24.7 Å². The molecule has 0 saturated carbocycles. The van der Waals surface area contributed by atoms with Gasteiger partial charge in [0.25, 0.3) is 11.8 Å². The van der Waals surface area contributed by atoms with Gasteiger partial charge in [0.05, 0.1) is 12.1 Å². The molecule has 0 spiro atoms. The van der Waals surface area contributed by atoms with Crippen LogP contribution in [-0.2, 0) is 17.5 Å². The van der Waals surface area contributed by atoms with E-state index in [0.717, 1.165) is 17.7 Å². The van der Waals surface area contributed by atoms with Gasteiger partial charge in [-0.05, 0) is 60.2 Å². The molecular weight excluding hydrogens is 475 g/mol. The van der Waals surface area contributed by atoms with Gasteiger partial charge < -0.3 is 15.4 Å². The summed E-state index contributed by atoms with van der Waals surface area (Å²) < 4.78 is 45.4. The zero-order valence-electron chi connectivity index (χ0n) is 18.7. The average molecular weight is 495 g/mol. The molecule has 0 radical (unpaired) electrons. The van der Waals surface area contributed by atoms with E-state index in [-0.39, 0.29) is 11.6 Å². The number of anilines is 2. The standard InChI is InChI=1S/C25H20F3N5O3/c26-25(27,28)19-2-1-3-20(14-19)30-23(34)16-36-21-6-4-18(5-7-21)24(35)31-22-10-13-33(32-22)15-17-8-11-29-12-9-17/h1-14H,15-16H2,(H,30,34)(H,31,32,35). The van der Waals surface area contributed by atoms with Gasteiger partial charge in [0.1, 0.15) is 5.75 Å². The summed E-state index contributed by atoms with van der Waals surface area (Å²) in [5, 5.41) is 9.39. The smallest absolute Gasteiger partial charge is 0.416 e. The van der Waals surface area contributed by atoms with Crippen LogP contribution in [0.2, 0.25) is 0 Å². The van der Waals surface area contributed by atoms with E-state index in [1.165, 1.54) is 36.4 Å². The molecule has 8 nitrogen and oxygen atoms in total. The van der Waals surface area contributed by atoms with Gasteiger partial charge in [-0.25, -0.2) is 0 Å². The van der Waals surface area contributed by atoms with Crippen molar-refractivity contribution in [2.24, 2.45) is 0 Å². The Labute approximate surface area is 203 Å². The molecule has 4 aromatic rings. The predicted molar refractivity (Wildman–Crippen MR) is 126 cm³/mol. The monoisotopic (exact) mass is 495 g/mol. The van der Waals surface area contributed by atoms with Crippen LogP contribution >= 0.6 is 0 Å². The maximum absolute atomic E-state index is 12.8. The van der Waals surface area contributed by atoms with E-state index in [2.05, 4.69) is 20.7 Å². The molecule has 0 unspecified atom stereocenters. The summed E-state index contributed by atoms with van der Waals surface area (Å²) in [5.41, 5.74) is 0.508. The summed E-state index contributed by atoms with van der Waals surface area (Å²) in [6.07, 6.45) is 0.623. The Balaban J connectivity index is 1.27. The number of alkyl halides is 3. The summed E-state index contributed by atoms with van der Waals surface area (Å²) in [4.78, 5) is 28.5. The third-order valence-electron chi connectivity index (χ3n) is 4.94. The first-order valence-electron chi connectivity index (χ1n) is 10.7. The highest BCUT2D eigenvalue weighted by Crippen LogP contribution is 2.30. The fourth-order valence-electron chi connectivity index (χ4n) is 3.20. The number of nitrogens with one attached hydrogen (secondary N) is 2. The third-order valence-corrected chi connectivity index (χ3v) is 4.94. The summed E-state index contributed by atoms with van der Waals surface area (Å²) in [5.74, 6) is -0.301. The van der Waals surface area contributed by atoms with Crippen molar-refractivity contribution in [2.45, 2.75) is 12.7 Å². The number of nitrogens with zero attached hydrogens (tertiary/aromatic N) is 3. The van der Waals surface area contributed by atoms with Gasteiger partial charge >= 0.3 is 6.18 Å². The van der Waals surface area contributed by atoms with Gasteiger partial charge in [-0.3, -0.25) is 19.3 Å². The first kappa shape index (κ1) is 24.5. The Morgan fingerprint density at radius 1 is 0.944 bits per heavy atom. The second kappa shape index (κ2) is 10.7. The van der Waals surface area contributed by atoms with Crippen LogP contribution in [0.3, 0.4) is 0 Å². The van der Waals surface area contributed by atoms with Gasteiger partial charge in [-0.2, -0.15) is 18.3 Å². The quantitative estimate of drug-likeness (QED) is 0.372. The van der Waals surface area contributed by atoms with Crippen molar-refractivity contribution in [2.75, 3.05) is 17.2 Å². The molecule has 36 heavy (non-hydrogen) atoms. The lowest BCUT2D eigenvalue weighted by Crippen LogP contribution is -2.20. The number of ether oxygens (including phenoxy) is 1. The highest BCUT2D eigenvalue weighted by atomic mass is 19.4. The third kappa shape index (κ3) is 6.69. The van der Waals surface area contributed by atoms with E-state index in [1.54, 1.807) is 29.3 Å². The van der Waals surface area contributed by atoms with E-state index in [9.17, 15) is 22.8 Å². The van der Waals surface area contributed by atoms with Crippen molar-refractivity contribution in [3.8, 4) is 5.75 Å². The maximum Gasteiger partial charge on any atom is 0.416 e. The highest BCUT2D eigenvalue weighted by Gasteiger charge is 2.30. The summed E-state index contributed by atoms with van der Waals surface area (Å²) >= 11 is 0. The number of amides is 2. The molecule has 2 heterocycles. The lowest BCUT2D eigenvalue weighted by Gasteiger charge is -2.11. The number of pyridine rings is 1. The molecule has 4 rings (SSSR count). The zero-order valence-corrected chi connectivity index (χ0v) is 18.7. The van der Waals surface area contributed by atoms with Crippen molar-refractivity contribution >= 4 is 23.3 Å². The Morgan fingerprint density at radius 3 is 2.42 bits per heavy atom. The SMILES string of the molecule is O=C(COc1ccc(C(=O)Nc2ccn(Cc3ccncc3)n2)cc1)Nc1cccc(C(F)(F)F)c1. The second-order valence-electron chi connectivity index (χ2n) is 7.65.